The molecule has 0 bridgehead atoms. The summed E-state index contributed by atoms with van der Waals surface area (Å²) in [6, 6.07) is 0.442. The van der Waals surface area contributed by atoms with E-state index in [0.29, 0.717) is 6.29 Å². The van der Waals surface area contributed by atoms with Crippen LogP contribution in [0.3, 0.4) is 0 Å². The van der Waals surface area contributed by atoms with E-state index in [1.54, 1.807) is 0 Å². The molecule has 2 heterocycles. The van der Waals surface area contributed by atoms with Gasteiger partial charge in [0.25, 0.3) is 11.5 Å². The molecule has 1 aromatic rings. The van der Waals surface area contributed by atoms with E-state index in [4.69, 9.17) is 0 Å². The monoisotopic (exact) mass is 235 g/mol. The summed E-state index contributed by atoms with van der Waals surface area (Å²) in [5.74, 6) is -0.940. The second-order valence-electron chi connectivity index (χ2n) is 3.62. The molecule has 1 unspecified atom stereocenters. The van der Waals surface area contributed by atoms with Crippen molar-refractivity contribution in [2.75, 3.05) is 0 Å². The molecule has 1 aliphatic rings. The fourth-order valence-corrected chi connectivity index (χ4v) is 1.67. The molecule has 0 aliphatic carbocycles. The van der Waals surface area contributed by atoms with Crippen LogP contribution in [0.25, 0.3) is 0 Å². The molecule has 17 heavy (non-hydrogen) atoms. The maximum atomic E-state index is 11.7. The van der Waals surface area contributed by atoms with Crippen LogP contribution >= 0.6 is 0 Å². The molecule has 1 saturated heterocycles. The van der Waals surface area contributed by atoms with Crippen molar-refractivity contribution in [3.63, 3.8) is 0 Å². The zero-order valence-corrected chi connectivity index (χ0v) is 8.75. The van der Waals surface area contributed by atoms with Crippen molar-refractivity contribution >= 4 is 18.1 Å². The number of imide groups is 1. The predicted molar refractivity (Wildman–Crippen MR) is 55.3 cm³/mol. The fraction of sp³-hybridized carbons (Fsp3) is 0.300. The first-order valence-corrected chi connectivity index (χ1v) is 5.00. The van der Waals surface area contributed by atoms with Gasteiger partial charge in [-0.1, -0.05) is 0 Å². The minimum absolute atomic E-state index is 0.0651. The van der Waals surface area contributed by atoms with Gasteiger partial charge in [0.1, 0.15) is 6.04 Å². The highest BCUT2D eigenvalue weighted by Crippen LogP contribution is 2.15. The van der Waals surface area contributed by atoms with E-state index >= 15 is 0 Å². The molecule has 2 rings (SSSR count). The van der Waals surface area contributed by atoms with E-state index < -0.39 is 17.5 Å². The van der Waals surface area contributed by atoms with Crippen molar-refractivity contribution < 1.29 is 14.4 Å². The topological polar surface area (TPSA) is 98.1 Å². The molecule has 2 amide bonds. The number of rotatable bonds is 2. The second kappa shape index (κ2) is 4.28. The quantitative estimate of drug-likeness (QED) is 0.525. The second-order valence-corrected chi connectivity index (χ2v) is 3.62. The number of aromatic nitrogens is 2. The largest absolute Gasteiger partial charge is 0.298 e. The van der Waals surface area contributed by atoms with Crippen molar-refractivity contribution in [3.8, 4) is 0 Å². The summed E-state index contributed by atoms with van der Waals surface area (Å²) in [6.07, 6.45) is 2.04. The molecule has 0 aromatic carbocycles. The van der Waals surface area contributed by atoms with Gasteiger partial charge < -0.3 is 0 Å². The van der Waals surface area contributed by atoms with Gasteiger partial charge in [-0.15, -0.1) is 0 Å². The van der Waals surface area contributed by atoms with Crippen LogP contribution in [0, 0.1) is 0 Å². The first kappa shape index (κ1) is 11.2. The Hall–Kier alpha value is -2.31. The molecule has 0 saturated carbocycles. The third kappa shape index (κ3) is 1.99. The lowest BCUT2D eigenvalue weighted by atomic mass is 10.1. The van der Waals surface area contributed by atoms with Gasteiger partial charge in [-0.25, -0.2) is 4.68 Å². The Morgan fingerprint density at radius 3 is 2.82 bits per heavy atom. The van der Waals surface area contributed by atoms with Gasteiger partial charge >= 0.3 is 0 Å². The first-order valence-electron chi connectivity index (χ1n) is 5.00. The lowest BCUT2D eigenvalue weighted by Gasteiger charge is -2.21. The molecule has 1 aromatic heterocycles. The third-order valence-electron chi connectivity index (χ3n) is 2.53. The predicted octanol–water partition coefficient (Wildman–Crippen LogP) is -0.967. The highest BCUT2D eigenvalue weighted by molar-refractivity contribution is 5.99. The van der Waals surface area contributed by atoms with Crippen molar-refractivity contribution in [3.05, 3.63) is 28.2 Å². The Labute approximate surface area is 95.4 Å². The first-order chi connectivity index (χ1) is 8.13. The molecule has 7 nitrogen and oxygen atoms in total. The van der Waals surface area contributed by atoms with Gasteiger partial charge in [0.05, 0.1) is 5.56 Å². The normalized spacial score (nSPS) is 19.9. The molecule has 1 atom stereocenters. The lowest BCUT2D eigenvalue weighted by molar-refractivity contribution is -0.136. The summed E-state index contributed by atoms with van der Waals surface area (Å²) in [5, 5.41) is 5.89. The average Bonchev–Trinajstić information content (AvgIpc) is 2.30. The number of amides is 2. The maximum absolute atomic E-state index is 11.7. The zero-order chi connectivity index (χ0) is 12.4. The van der Waals surface area contributed by atoms with Crippen LogP contribution in [0.5, 0.6) is 0 Å². The Morgan fingerprint density at radius 1 is 1.41 bits per heavy atom. The molecule has 1 fully saturated rings. The number of nitrogens with one attached hydrogen (secondary N) is 1. The summed E-state index contributed by atoms with van der Waals surface area (Å²) in [4.78, 5) is 44.8. The fourth-order valence-electron chi connectivity index (χ4n) is 1.67. The van der Waals surface area contributed by atoms with E-state index in [1.165, 1.54) is 12.3 Å². The van der Waals surface area contributed by atoms with Gasteiger partial charge in [-0.05, 0) is 12.5 Å². The van der Waals surface area contributed by atoms with Crippen LogP contribution < -0.4 is 10.9 Å². The number of nitrogens with zero attached hydrogens (tertiary/aromatic N) is 2. The minimum atomic E-state index is -0.833. The smallest absolute Gasteiger partial charge is 0.278 e. The zero-order valence-electron chi connectivity index (χ0n) is 8.75. The van der Waals surface area contributed by atoms with Crippen molar-refractivity contribution in [2.45, 2.75) is 18.9 Å². The summed E-state index contributed by atoms with van der Waals surface area (Å²) >= 11 is 0. The summed E-state index contributed by atoms with van der Waals surface area (Å²) < 4.78 is 0.936. The highest BCUT2D eigenvalue weighted by Gasteiger charge is 2.29. The molecule has 1 N–H and O–H groups in total. The molecule has 88 valence electrons. The number of hydrogen-bond donors (Lipinski definition) is 1. The molecule has 0 radical (unpaired) electrons. The molecular weight excluding hydrogens is 226 g/mol. The van der Waals surface area contributed by atoms with Crippen molar-refractivity contribution in [1.82, 2.24) is 15.1 Å². The van der Waals surface area contributed by atoms with Crippen molar-refractivity contribution in [2.24, 2.45) is 0 Å². The van der Waals surface area contributed by atoms with E-state index in [0.717, 1.165) is 4.68 Å². The van der Waals surface area contributed by atoms with E-state index in [-0.39, 0.29) is 24.3 Å². The number of aldehydes is 1. The molecule has 7 heteroatoms. The number of carbonyl (C=O) groups is 3. The van der Waals surface area contributed by atoms with Gasteiger partial charge in [0, 0.05) is 12.6 Å². The Morgan fingerprint density at radius 2 is 2.18 bits per heavy atom. The van der Waals surface area contributed by atoms with Crippen LogP contribution in [0.15, 0.2) is 17.1 Å². The van der Waals surface area contributed by atoms with E-state index in [2.05, 4.69) is 10.4 Å². The molecule has 0 spiro atoms. The maximum Gasteiger partial charge on any atom is 0.278 e. The standard InChI is InChI=1S/C10H9N3O4/c14-5-6-3-4-11-13(10(6)17)7-1-2-8(15)12-9(7)16/h3-5,7H,1-2H2,(H,12,15,16). The highest BCUT2D eigenvalue weighted by atomic mass is 16.2. The van der Waals surface area contributed by atoms with Gasteiger partial charge in [0.15, 0.2) is 6.29 Å². The van der Waals surface area contributed by atoms with Crippen LogP contribution in [0.4, 0.5) is 0 Å². The number of piperidine rings is 1. The third-order valence-corrected chi connectivity index (χ3v) is 2.53. The summed E-state index contributed by atoms with van der Waals surface area (Å²) in [6.45, 7) is 0. The molecular formula is C10H9N3O4. The van der Waals surface area contributed by atoms with Crippen molar-refractivity contribution in [1.29, 1.82) is 0 Å². The van der Waals surface area contributed by atoms with Crippen LogP contribution in [-0.4, -0.2) is 27.9 Å². The van der Waals surface area contributed by atoms with Gasteiger partial charge in [-0.2, -0.15) is 5.10 Å². The summed E-state index contributed by atoms with van der Waals surface area (Å²) in [5.41, 5.74) is -0.693. The Bertz CT molecular complexity index is 549. The SMILES string of the molecule is O=Cc1ccnn(C2CCC(=O)NC2=O)c1=O. The minimum Gasteiger partial charge on any atom is -0.298 e. The van der Waals surface area contributed by atoms with Gasteiger partial charge in [0.2, 0.25) is 5.91 Å². The van der Waals surface area contributed by atoms with Crippen LogP contribution in [-0.2, 0) is 9.59 Å². The Kier molecular flexibility index (Phi) is 2.82. The van der Waals surface area contributed by atoms with Crippen LogP contribution in [0.1, 0.15) is 29.2 Å². The lowest BCUT2D eigenvalue weighted by Crippen LogP contribution is -2.45. The van der Waals surface area contributed by atoms with E-state index in [9.17, 15) is 19.2 Å². The summed E-state index contributed by atoms with van der Waals surface area (Å²) in [7, 11) is 0. The van der Waals surface area contributed by atoms with E-state index in [1.807, 2.05) is 0 Å². The van der Waals surface area contributed by atoms with Crippen LogP contribution in [0.2, 0.25) is 0 Å². The molecule has 1 aliphatic heterocycles. The number of hydrogen-bond acceptors (Lipinski definition) is 5. The average molecular weight is 235 g/mol. The Balaban J connectivity index is 2.41. The van der Waals surface area contributed by atoms with Gasteiger partial charge in [-0.3, -0.25) is 24.5 Å². The number of carbonyl (C=O) groups excluding carboxylic acids is 3.